The highest BCUT2D eigenvalue weighted by molar-refractivity contribution is 5.48. The van der Waals surface area contributed by atoms with Crippen molar-refractivity contribution in [3.05, 3.63) is 35.7 Å². The maximum absolute atomic E-state index is 12.5. The lowest BCUT2D eigenvalue weighted by Gasteiger charge is -1.94. The summed E-state index contributed by atoms with van der Waals surface area (Å²) in [6.45, 7) is 0.658. The van der Waals surface area contributed by atoms with Crippen LogP contribution in [0.15, 0.2) is 18.2 Å². The molecule has 0 aliphatic rings. The minimum Gasteiger partial charge on any atom is -0.316 e. The van der Waals surface area contributed by atoms with Crippen LogP contribution in [0.5, 0.6) is 0 Å². The summed E-state index contributed by atoms with van der Waals surface area (Å²) in [7, 11) is 1.79. The van der Waals surface area contributed by atoms with E-state index < -0.39 is 11.9 Å². The Bertz CT molecular complexity index is 290. The molecule has 0 aliphatic carbocycles. The number of nitrogens with one attached hydrogen (secondary N) is 1. The Labute approximate surface area is 75.3 Å². The number of likely N-dealkylation sites (N-methyl/N-ethyl adjacent to an activating group) is 1. The summed E-state index contributed by atoms with van der Waals surface area (Å²) in [6, 6.07) is 2.35. The fourth-order valence-corrected chi connectivity index (χ4v) is 0.892. The lowest BCUT2D eigenvalue weighted by molar-refractivity contribution is 0.512. The predicted molar refractivity (Wildman–Crippen MR) is 47.1 cm³/mol. The van der Waals surface area contributed by atoms with Crippen molar-refractivity contribution in [2.24, 2.45) is 0 Å². The van der Waals surface area contributed by atoms with E-state index in [1.807, 2.05) is 0 Å². The largest absolute Gasteiger partial charge is 0.316 e. The zero-order chi connectivity index (χ0) is 9.68. The van der Waals surface area contributed by atoms with Crippen LogP contribution >= 0.6 is 0 Å². The molecule has 0 aromatic carbocycles. The van der Waals surface area contributed by atoms with Crippen molar-refractivity contribution in [1.29, 1.82) is 0 Å². The van der Waals surface area contributed by atoms with Crippen molar-refractivity contribution in [3.63, 3.8) is 0 Å². The second-order valence-electron chi connectivity index (χ2n) is 2.51. The highest BCUT2D eigenvalue weighted by Crippen LogP contribution is 2.05. The number of pyridine rings is 1. The molecule has 0 aliphatic heterocycles. The summed E-state index contributed by atoms with van der Waals surface area (Å²) in [4.78, 5) is 2.98. The van der Waals surface area contributed by atoms with E-state index in [0.717, 1.165) is 0 Å². The van der Waals surface area contributed by atoms with Gasteiger partial charge < -0.3 is 5.32 Å². The molecule has 1 N–H and O–H groups in total. The van der Waals surface area contributed by atoms with Gasteiger partial charge in [0, 0.05) is 18.7 Å². The standard InChI is InChI=1S/C9H10F2N2/c1-12-4-2-3-7-5-8(10)13-9(11)6-7/h2-3,5-6,12H,4H2,1H3. The molecule has 70 valence electrons. The quantitative estimate of drug-likeness (QED) is 0.721. The predicted octanol–water partition coefficient (Wildman–Crippen LogP) is 1.59. The second kappa shape index (κ2) is 4.67. The normalized spacial score (nSPS) is 11.0. The Morgan fingerprint density at radius 1 is 1.38 bits per heavy atom. The van der Waals surface area contributed by atoms with Crippen LogP contribution in [0.4, 0.5) is 8.78 Å². The van der Waals surface area contributed by atoms with Crippen molar-refractivity contribution < 1.29 is 8.78 Å². The van der Waals surface area contributed by atoms with Crippen LogP contribution in [-0.4, -0.2) is 18.6 Å². The Morgan fingerprint density at radius 2 is 2.00 bits per heavy atom. The van der Waals surface area contributed by atoms with E-state index in [0.29, 0.717) is 12.1 Å². The topological polar surface area (TPSA) is 24.9 Å². The van der Waals surface area contributed by atoms with Crippen LogP contribution < -0.4 is 5.32 Å². The molecule has 0 atom stereocenters. The molecule has 1 heterocycles. The molecular weight excluding hydrogens is 174 g/mol. The van der Waals surface area contributed by atoms with E-state index in [9.17, 15) is 8.78 Å². The molecule has 0 amide bonds. The van der Waals surface area contributed by atoms with Gasteiger partial charge in [-0.05, 0) is 12.6 Å². The first kappa shape index (κ1) is 9.80. The Balaban J connectivity index is 2.77. The summed E-state index contributed by atoms with van der Waals surface area (Å²) in [6.07, 6.45) is 3.40. The van der Waals surface area contributed by atoms with Gasteiger partial charge in [-0.2, -0.15) is 13.8 Å². The SMILES string of the molecule is CNCC=Cc1cc(F)nc(F)c1. The summed E-state index contributed by atoms with van der Waals surface area (Å²) in [5.74, 6) is -1.60. The molecule has 0 radical (unpaired) electrons. The third kappa shape index (κ3) is 3.29. The van der Waals surface area contributed by atoms with Gasteiger partial charge >= 0.3 is 0 Å². The molecule has 2 nitrogen and oxygen atoms in total. The number of halogens is 2. The molecule has 0 saturated carbocycles. The van der Waals surface area contributed by atoms with Crippen LogP contribution in [0.1, 0.15) is 5.56 Å². The molecule has 0 unspecified atom stereocenters. The average Bonchev–Trinajstić information content (AvgIpc) is 2.03. The van der Waals surface area contributed by atoms with E-state index in [2.05, 4.69) is 10.3 Å². The summed E-state index contributed by atoms with van der Waals surface area (Å²) in [5.41, 5.74) is 0.472. The Morgan fingerprint density at radius 3 is 2.54 bits per heavy atom. The zero-order valence-electron chi connectivity index (χ0n) is 7.22. The third-order valence-corrected chi connectivity index (χ3v) is 1.42. The van der Waals surface area contributed by atoms with Crippen molar-refractivity contribution in [3.8, 4) is 0 Å². The van der Waals surface area contributed by atoms with Gasteiger partial charge in [0.1, 0.15) is 0 Å². The Kier molecular flexibility index (Phi) is 3.52. The fraction of sp³-hybridized carbons (Fsp3) is 0.222. The van der Waals surface area contributed by atoms with Gasteiger partial charge in [-0.25, -0.2) is 0 Å². The monoisotopic (exact) mass is 184 g/mol. The van der Waals surface area contributed by atoms with E-state index in [1.165, 1.54) is 12.1 Å². The molecule has 1 aromatic rings. The van der Waals surface area contributed by atoms with Crippen molar-refractivity contribution in [2.75, 3.05) is 13.6 Å². The van der Waals surface area contributed by atoms with Crippen molar-refractivity contribution in [2.45, 2.75) is 0 Å². The third-order valence-electron chi connectivity index (χ3n) is 1.42. The van der Waals surface area contributed by atoms with Gasteiger partial charge in [0.2, 0.25) is 11.9 Å². The first-order valence-electron chi connectivity index (χ1n) is 3.86. The smallest absolute Gasteiger partial charge is 0.216 e. The molecule has 1 rings (SSSR count). The zero-order valence-corrected chi connectivity index (χ0v) is 7.22. The molecular formula is C9H10F2N2. The summed E-state index contributed by atoms with van der Waals surface area (Å²) in [5, 5.41) is 2.88. The van der Waals surface area contributed by atoms with Gasteiger partial charge in [0.05, 0.1) is 0 Å². The van der Waals surface area contributed by atoms with Gasteiger partial charge in [-0.15, -0.1) is 0 Å². The van der Waals surface area contributed by atoms with E-state index >= 15 is 0 Å². The van der Waals surface area contributed by atoms with Crippen LogP contribution in [0.25, 0.3) is 6.08 Å². The lowest BCUT2D eigenvalue weighted by Crippen LogP contribution is -2.03. The highest BCUT2D eigenvalue weighted by Gasteiger charge is 1.97. The number of hydrogen-bond acceptors (Lipinski definition) is 2. The molecule has 0 spiro atoms. The van der Waals surface area contributed by atoms with Gasteiger partial charge in [0.15, 0.2) is 0 Å². The van der Waals surface area contributed by atoms with E-state index in [1.54, 1.807) is 19.2 Å². The first-order chi connectivity index (χ1) is 6.22. The van der Waals surface area contributed by atoms with E-state index in [-0.39, 0.29) is 0 Å². The van der Waals surface area contributed by atoms with Gasteiger partial charge in [-0.1, -0.05) is 12.2 Å². The van der Waals surface area contributed by atoms with Crippen molar-refractivity contribution >= 4 is 6.08 Å². The lowest BCUT2D eigenvalue weighted by atomic mass is 10.2. The summed E-state index contributed by atoms with van der Waals surface area (Å²) >= 11 is 0. The number of aromatic nitrogens is 1. The van der Waals surface area contributed by atoms with Crippen LogP contribution in [0.2, 0.25) is 0 Å². The second-order valence-corrected chi connectivity index (χ2v) is 2.51. The van der Waals surface area contributed by atoms with Crippen LogP contribution in [0.3, 0.4) is 0 Å². The average molecular weight is 184 g/mol. The van der Waals surface area contributed by atoms with Crippen LogP contribution in [0, 0.1) is 11.9 Å². The van der Waals surface area contributed by atoms with Gasteiger partial charge in [0.25, 0.3) is 0 Å². The minimum absolute atomic E-state index is 0.472. The maximum Gasteiger partial charge on any atom is 0.216 e. The molecule has 0 bridgehead atoms. The molecule has 13 heavy (non-hydrogen) atoms. The van der Waals surface area contributed by atoms with Crippen molar-refractivity contribution in [1.82, 2.24) is 10.3 Å². The number of hydrogen-bond donors (Lipinski definition) is 1. The number of rotatable bonds is 3. The summed E-state index contributed by atoms with van der Waals surface area (Å²) < 4.78 is 25.1. The first-order valence-corrected chi connectivity index (χ1v) is 3.86. The molecule has 4 heteroatoms. The highest BCUT2D eigenvalue weighted by atomic mass is 19.1. The molecule has 1 aromatic heterocycles. The molecule has 0 saturated heterocycles. The Hall–Kier alpha value is -1.29. The van der Waals surface area contributed by atoms with Crippen LogP contribution in [-0.2, 0) is 0 Å². The molecule has 0 fully saturated rings. The van der Waals surface area contributed by atoms with E-state index in [4.69, 9.17) is 0 Å². The number of nitrogens with zero attached hydrogens (tertiary/aromatic N) is 1. The minimum atomic E-state index is -0.802. The fourth-order valence-electron chi connectivity index (χ4n) is 0.892. The van der Waals surface area contributed by atoms with Gasteiger partial charge in [-0.3, -0.25) is 0 Å². The maximum atomic E-state index is 12.5.